The van der Waals surface area contributed by atoms with Crippen molar-refractivity contribution in [1.29, 1.82) is 0 Å². The van der Waals surface area contributed by atoms with E-state index >= 15 is 0 Å². The smallest absolute Gasteiger partial charge is 0.224 e. The molecule has 0 bridgehead atoms. The van der Waals surface area contributed by atoms with Crippen LogP contribution in [-0.4, -0.2) is 14.7 Å². The molecule has 0 N–H and O–H groups in total. The Morgan fingerprint density at radius 1 is 0.741 bits per heavy atom. The van der Waals surface area contributed by atoms with E-state index in [-0.39, 0.29) is 0 Å². The standard InChI is InChI=1S/C20H17F3O2S2/c1-27(24,25)19-13-12-17(14-18(19)20(21,22)23)26(15-8-4-2-5-9-15)16-10-6-3-7-11-16/h2-14,26H,1H3. The van der Waals surface area contributed by atoms with Crippen LogP contribution in [0.3, 0.4) is 0 Å². The molecule has 0 amide bonds. The van der Waals surface area contributed by atoms with Crippen LogP contribution >= 0.6 is 10.9 Å². The van der Waals surface area contributed by atoms with Crippen LogP contribution in [0, 0.1) is 0 Å². The Morgan fingerprint density at radius 2 is 1.22 bits per heavy atom. The van der Waals surface area contributed by atoms with Gasteiger partial charge in [-0.15, -0.1) is 0 Å². The molecule has 0 aliphatic heterocycles. The van der Waals surface area contributed by atoms with Crippen molar-refractivity contribution in [2.45, 2.75) is 25.8 Å². The minimum Gasteiger partial charge on any atom is -0.224 e. The summed E-state index contributed by atoms with van der Waals surface area (Å²) in [7, 11) is -5.25. The van der Waals surface area contributed by atoms with E-state index in [4.69, 9.17) is 0 Å². The van der Waals surface area contributed by atoms with Crippen molar-refractivity contribution in [3.05, 3.63) is 84.4 Å². The Bertz CT molecular complexity index is 992. The SMILES string of the molecule is CS(=O)(=O)c1ccc([SH](c2ccccc2)c2ccccc2)cc1C(F)(F)F. The Kier molecular flexibility index (Phi) is 5.35. The zero-order chi connectivity index (χ0) is 19.7. The maximum atomic E-state index is 13.6. The summed E-state index contributed by atoms with van der Waals surface area (Å²) in [6, 6.07) is 22.0. The fourth-order valence-electron chi connectivity index (χ4n) is 2.80. The molecule has 3 aromatic rings. The summed E-state index contributed by atoms with van der Waals surface area (Å²) in [5, 5.41) is 0. The van der Waals surface area contributed by atoms with Crippen LogP contribution in [0.4, 0.5) is 13.2 Å². The number of sulfone groups is 1. The minimum absolute atomic E-state index is 0.446. The van der Waals surface area contributed by atoms with Gasteiger partial charge < -0.3 is 0 Å². The number of hydrogen-bond donors (Lipinski definition) is 1. The van der Waals surface area contributed by atoms with E-state index in [1.54, 1.807) is 0 Å². The average Bonchev–Trinajstić information content (AvgIpc) is 2.62. The van der Waals surface area contributed by atoms with Crippen molar-refractivity contribution in [2.75, 3.05) is 6.26 Å². The van der Waals surface area contributed by atoms with Gasteiger partial charge in [0.1, 0.15) is 0 Å². The van der Waals surface area contributed by atoms with Gasteiger partial charge in [-0.1, -0.05) is 36.4 Å². The van der Waals surface area contributed by atoms with Crippen LogP contribution in [0.2, 0.25) is 0 Å². The Hall–Kier alpha value is -2.25. The summed E-state index contributed by atoms with van der Waals surface area (Å²) < 4.78 is 64.4. The molecule has 0 heterocycles. The Balaban J connectivity index is 2.25. The van der Waals surface area contributed by atoms with Gasteiger partial charge in [0, 0.05) is 6.26 Å². The molecule has 0 saturated heterocycles. The molecule has 0 aliphatic carbocycles. The third-order valence-electron chi connectivity index (χ3n) is 3.96. The lowest BCUT2D eigenvalue weighted by Gasteiger charge is -2.25. The first-order valence-electron chi connectivity index (χ1n) is 7.99. The second-order valence-electron chi connectivity index (χ2n) is 5.96. The first-order chi connectivity index (χ1) is 12.7. The van der Waals surface area contributed by atoms with Gasteiger partial charge >= 0.3 is 6.18 Å². The van der Waals surface area contributed by atoms with E-state index in [9.17, 15) is 21.6 Å². The topological polar surface area (TPSA) is 34.1 Å². The monoisotopic (exact) mass is 410 g/mol. The summed E-state index contributed by atoms with van der Waals surface area (Å²) in [5.41, 5.74) is -1.12. The van der Waals surface area contributed by atoms with Crippen LogP contribution in [0.5, 0.6) is 0 Å². The van der Waals surface area contributed by atoms with Gasteiger partial charge in [-0.25, -0.2) is 8.42 Å². The molecule has 0 fully saturated rings. The van der Waals surface area contributed by atoms with Crippen molar-refractivity contribution >= 4 is 20.7 Å². The molecule has 7 heteroatoms. The number of hydrogen-bond acceptors (Lipinski definition) is 2. The van der Waals surface area contributed by atoms with Crippen LogP contribution in [0.25, 0.3) is 0 Å². The van der Waals surface area contributed by atoms with Gasteiger partial charge in [-0.05, 0) is 57.2 Å². The molecule has 0 atom stereocenters. The summed E-state index contributed by atoms with van der Waals surface area (Å²) in [5.74, 6) is 0. The van der Waals surface area contributed by atoms with E-state index in [2.05, 4.69) is 0 Å². The molecule has 0 radical (unpaired) electrons. The predicted octanol–water partition coefficient (Wildman–Crippen LogP) is 5.59. The zero-order valence-electron chi connectivity index (χ0n) is 14.3. The van der Waals surface area contributed by atoms with Crippen LogP contribution in [0.1, 0.15) is 5.56 Å². The highest BCUT2D eigenvalue weighted by Crippen LogP contribution is 2.52. The molecule has 3 aromatic carbocycles. The van der Waals surface area contributed by atoms with Gasteiger partial charge in [0.15, 0.2) is 9.84 Å². The van der Waals surface area contributed by atoms with Crippen LogP contribution < -0.4 is 0 Å². The number of alkyl halides is 3. The van der Waals surface area contributed by atoms with E-state index in [0.717, 1.165) is 28.2 Å². The van der Waals surface area contributed by atoms with E-state index in [1.165, 1.54) is 6.07 Å². The quantitative estimate of drug-likeness (QED) is 0.569. The Labute approximate surface area is 158 Å². The lowest BCUT2D eigenvalue weighted by molar-refractivity contribution is -0.140. The van der Waals surface area contributed by atoms with E-state index in [1.807, 2.05) is 60.7 Å². The number of halogens is 3. The predicted molar refractivity (Wildman–Crippen MR) is 101 cm³/mol. The average molecular weight is 410 g/mol. The molecule has 0 aromatic heterocycles. The number of rotatable bonds is 4. The van der Waals surface area contributed by atoms with Gasteiger partial charge in [0.2, 0.25) is 0 Å². The van der Waals surface area contributed by atoms with Gasteiger partial charge in [-0.2, -0.15) is 24.1 Å². The minimum atomic E-state index is -4.76. The van der Waals surface area contributed by atoms with Gasteiger partial charge in [0.25, 0.3) is 0 Å². The molecular weight excluding hydrogens is 393 g/mol. The Morgan fingerprint density at radius 3 is 1.63 bits per heavy atom. The highest BCUT2D eigenvalue weighted by Gasteiger charge is 2.36. The second kappa shape index (κ2) is 7.40. The molecule has 142 valence electrons. The van der Waals surface area contributed by atoms with Crippen molar-refractivity contribution in [3.63, 3.8) is 0 Å². The van der Waals surface area contributed by atoms with Crippen LogP contribution in [-0.2, 0) is 16.0 Å². The second-order valence-corrected chi connectivity index (χ2v) is 10.2. The zero-order valence-corrected chi connectivity index (χ0v) is 16.0. The lowest BCUT2D eigenvalue weighted by Crippen LogP contribution is -2.13. The van der Waals surface area contributed by atoms with Gasteiger partial charge in [-0.3, -0.25) is 0 Å². The first kappa shape index (κ1) is 19.5. The summed E-state index contributed by atoms with van der Waals surface area (Å²) in [6.45, 7) is 0. The highest BCUT2D eigenvalue weighted by molar-refractivity contribution is 8.17. The first-order valence-corrected chi connectivity index (χ1v) is 11.2. The normalized spacial score (nSPS) is 12.7. The van der Waals surface area contributed by atoms with E-state index < -0.39 is 37.4 Å². The molecular formula is C20H17F3O2S2. The number of benzene rings is 3. The molecule has 0 saturated carbocycles. The third-order valence-corrected chi connectivity index (χ3v) is 7.53. The number of thiol groups is 1. The van der Waals surface area contributed by atoms with Crippen molar-refractivity contribution in [3.8, 4) is 0 Å². The van der Waals surface area contributed by atoms with Crippen molar-refractivity contribution < 1.29 is 21.6 Å². The summed E-state index contributed by atoms with van der Waals surface area (Å²) in [4.78, 5) is 1.52. The summed E-state index contributed by atoms with van der Waals surface area (Å²) >= 11 is 0. The highest BCUT2D eigenvalue weighted by atomic mass is 32.2. The lowest BCUT2D eigenvalue weighted by atomic mass is 10.2. The molecule has 0 unspecified atom stereocenters. The fourth-order valence-corrected chi connectivity index (χ4v) is 6.01. The maximum absolute atomic E-state index is 13.6. The largest absolute Gasteiger partial charge is 0.417 e. The van der Waals surface area contributed by atoms with Crippen molar-refractivity contribution in [1.82, 2.24) is 0 Å². The third kappa shape index (κ3) is 4.36. The van der Waals surface area contributed by atoms with Crippen molar-refractivity contribution in [2.24, 2.45) is 0 Å². The molecule has 0 spiro atoms. The van der Waals surface area contributed by atoms with Crippen LogP contribution in [0.15, 0.2) is 98.4 Å². The maximum Gasteiger partial charge on any atom is 0.417 e. The molecule has 0 aliphatic rings. The van der Waals surface area contributed by atoms with E-state index in [0.29, 0.717) is 4.90 Å². The summed E-state index contributed by atoms with van der Waals surface area (Å²) in [6.07, 6.45) is -3.97. The molecule has 3 rings (SSSR count). The fraction of sp³-hybridized carbons (Fsp3) is 0.100. The molecule has 27 heavy (non-hydrogen) atoms. The molecule has 2 nitrogen and oxygen atoms in total. The van der Waals surface area contributed by atoms with Gasteiger partial charge in [0.05, 0.1) is 10.5 Å².